The molecule has 5 amide bonds. The van der Waals surface area contributed by atoms with Gasteiger partial charge < -0.3 is 31.3 Å². The Labute approximate surface area is 235 Å². The lowest BCUT2D eigenvalue weighted by molar-refractivity contribution is -0.148. The summed E-state index contributed by atoms with van der Waals surface area (Å²) in [5, 5.41) is 11.8. The molecule has 0 radical (unpaired) electrons. The Morgan fingerprint density at radius 1 is 1.10 bits per heavy atom. The number of alkyl halides is 3. The molecule has 5 N–H and O–H groups in total. The first-order valence-corrected chi connectivity index (χ1v) is 15.0. The SMILES string of the molecule is O=C(CC[C@H]1NC(=O)C[C@H]2/C=C\CCSSC[C@@H](NC1=O)C(=O)NC1(CC1)C(=O)NCC(=O)O2)NCC(F)(F)F. The fourth-order valence-corrected chi connectivity index (χ4v) is 5.96. The van der Waals surface area contributed by atoms with Crippen LogP contribution < -0.4 is 26.6 Å². The maximum Gasteiger partial charge on any atom is 0.405 e. The molecule has 1 saturated heterocycles. The Morgan fingerprint density at radius 2 is 1.85 bits per heavy atom. The van der Waals surface area contributed by atoms with Crippen LogP contribution in [0.25, 0.3) is 0 Å². The lowest BCUT2D eigenvalue weighted by atomic mass is 10.1. The second-order valence-electron chi connectivity index (χ2n) is 9.42. The zero-order chi connectivity index (χ0) is 29.3. The Hall–Kier alpha value is -2.95. The summed E-state index contributed by atoms with van der Waals surface area (Å²) in [6.45, 7) is -2.05. The van der Waals surface area contributed by atoms with Crippen LogP contribution in [0.5, 0.6) is 0 Å². The standard InChI is InChI=1S/C23H30F3N5O7S2/c24-23(25,26)12-28-16(32)5-4-14-19(35)30-15-11-40-39-8-2-1-3-13(9-17(33)29-14)38-18(34)10-27-21(37)22(6-7-22)31-20(15)36/h1,3,13-15H,2,4-12H2,(H,27,37)(H,28,32)(H,29,33)(H,30,35)(H,31,36)/b3-1-/t13-,14-,15-/m1/s1. The van der Waals surface area contributed by atoms with Crippen molar-refractivity contribution in [1.29, 1.82) is 0 Å². The van der Waals surface area contributed by atoms with E-state index < -0.39 is 91.3 Å². The van der Waals surface area contributed by atoms with Gasteiger partial charge >= 0.3 is 12.1 Å². The highest BCUT2D eigenvalue weighted by molar-refractivity contribution is 8.76. The molecule has 2 bridgehead atoms. The van der Waals surface area contributed by atoms with Gasteiger partial charge in [0.25, 0.3) is 0 Å². The molecule has 2 heterocycles. The summed E-state index contributed by atoms with van der Waals surface area (Å²) in [6.07, 6.45) is -2.56. The van der Waals surface area contributed by atoms with Gasteiger partial charge in [-0.2, -0.15) is 13.2 Å². The highest BCUT2D eigenvalue weighted by Gasteiger charge is 2.52. The van der Waals surface area contributed by atoms with Crippen LogP contribution in [0, 0.1) is 0 Å². The number of hydrogen-bond acceptors (Lipinski definition) is 9. The van der Waals surface area contributed by atoms with E-state index in [1.54, 1.807) is 11.4 Å². The maximum absolute atomic E-state index is 13.2. The molecular weight excluding hydrogens is 579 g/mol. The molecule has 0 aromatic rings. The van der Waals surface area contributed by atoms with Crippen molar-refractivity contribution in [1.82, 2.24) is 26.6 Å². The van der Waals surface area contributed by atoms with Gasteiger partial charge in [-0.25, -0.2) is 0 Å². The molecule has 3 aliphatic rings. The Bertz CT molecular complexity index is 1040. The largest absolute Gasteiger partial charge is 0.456 e. The van der Waals surface area contributed by atoms with Gasteiger partial charge in [0.1, 0.15) is 36.8 Å². The number of hydrogen-bond donors (Lipinski definition) is 5. The van der Waals surface area contributed by atoms with Crippen LogP contribution in [0.2, 0.25) is 0 Å². The highest BCUT2D eigenvalue weighted by Crippen LogP contribution is 2.36. The van der Waals surface area contributed by atoms with E-state index in [9.17, 15) is 41.9 Å². The van der Waals surface area contributed by atoms with Crippen molar-refractivity contribution in [2.75, 3.05) is 24.6 Å². The Kier molecular flexibility index (Phi) is 11.1. The molecule has 0 unspecified atom stereocenters. The van der Waals surface area contributed by atoms with E-state index >= 15 is 0 Å². The van der Waals surface area contributed by atoms with Crippen molar-refractivity contribution in [3.8, 4) is 0 Å². The van der Waals surface area contributed by atoms with E-state index in [0.717, 1.165) is 0 Å². The molecule has 3 rings (SSSR count). The number of carbonyl (C=O) groups is 6. The van der Waals surface area contributed by atoms with Crippen molar-refractivity contribution >= 4 is 57.1 Å². The van der Waals surface area contributed by atoms with Crippen molar-refractivity contribution in [3.63, 3.8) is 0 Å². The van der Waals surface area contributed by atoms with Crippen LogP contribution in [0.3, 0.4) is 0 Å². The Morgan fingerprint density at radius 3 is 2.55 bits per heavy atom. The van der Waals surface area contributed by atoms with Gasteiger partial charge in [-0.3, -0.25) is 28.8 Å². The topological polar surface area (TPSA) is 172 Å². The third kappa shape index (κ3) is 10.2. The smallest absolute Gasteiger partial charge is 0.405 e. The molecule has 2 aliphatic heterocycles. The van der Waals surface area contributed by atoms with Crippen molar-refractivity contribution in [3.05, 3.63) is 12.2 Å². The summed E-state index contributed by atoms with van der Waals surface area (Å²) in [6, 6.07) is -2.53. The van der Waals surface area contributed by atoms with Gasteiger partial charge in [-0.15, -0.1) is 0 Å². The van der Waals surface area contributed by atoms with Gasteiger partial charge in [0, 0.05) is 17.9 Å². The first-order valence-electron chi connectivity index (χ1n) is 12.5. The molecule has 12 nitrogen and oxygen atoms in total. The van der Waals surface area contributed by atoms with Gasteiger partial charge in [-0.05, 0) is 31.8 Å². The monoisotopic (exact) mass is 609 g/mol. The fraction of sp³-hybridized carbons (Fsp3) is 0.652. The number of halogens is 3. The summed E-state index contributed by atoms with van der Waals surface area (Å²) in [7, 11) is 2.71. The molecule has 40 heavy (non-hydrogen) atoms. The second-order valence-corrected chi connectivity index (χ2v) is 12.0. The molecule has 2 fully saturated rings. The number of nitrogens with one attached hydrogen (secondary N) is 5. The summed E-state index contributed by atoms with van der Waals surface area (Å²) in [4.78, 5) is 76.4. The van der Waals surface area contributed by atoms with Gasteiger partial charge in [0.05, 0.1) is 6.42 Å². The molecule has 222 valence electrons. The predicted octanol–water partition coefficient (Wildman–Crippen LogP) is -0.163. The third-order valence-corrected chi connectivity index (χ3v) is 8.52. The van der Waals surface area contributed by atoms with E-state index in [4.69, 9.17) is 4.74 Å². The Balaban J connectivity index is 1.86. The summed E-state index contributed by atoms with van der Waals surface area (Å²) in [5.41, 5.74) is -1.24. The highest BCUT2D eigenvalue weighted by atomic mass is 33.1. The summed E-state index contributed by atoms with van der Waals surface area (Å²) >= 11 is 0. The zero-order valence-corrected chi connectivity index (χ0v) is 22.9. The number of rotatable bonds is 4. The van der Waals surface area contributed by atoms with Crippen LogP contribution in [0.15, 0.2) is 12.2 Å². The van der Waals surface area contributed by atoms with Crippen molar-refractivity contribution in [2.24, 2.45) is 0 Å². The second kappa shape index (κ2) is 14.1. The molecular formula is C23H30F3N5O7S2. The molecule has 1 spiro atoms. The number of allylic oxidation sites excluding steroid dienone is 1. The van der Waals surface area contributed by atoms with E-state index in [1.807, 2.05) is 0 Å². The first kappa shape index (κ1) is 31.6. The fourth-order valence-electron chi connectivity index (χ4n) is 3.80. The van der Waals surface area contributed by atoms with E-state index in [0.29, 0.717) is 25.0 Å². The summed E-state index contributed by atoms with van der Waals surface area (Å²) in [5.74, 6) is -3.96. The summed E-state index contributed by atoms with van der Waals surface area (Å²) < 4.78 is 42.7. The molecule has 17 heteroatoms. The first-order chi connectivity index (χ1) is 18.9. The van der Waals surface area contributed by atoms with Crippen molar-refractivity contribution < 1.29 is 46.7 Å². The number of carbonyl (C=O) groups excluding carboxylic acids is 6. The van der Waals surface area contributed by atoms with Crippen LogP contribution in [0.4, 0.5) is 13.2 Å². The average Bonchev–Trinajstić information content (AvgIpc) is 3.65. The molecule has 0 aromatic carbocycles. The van der Waals surface area contributed by atoms with Crippen LogP contribution in [-0.2, 0) is 33.5 Å². The number of ether oxygens (including phenoxy) is 1. The van der Waals surface area contributed by atoms with E-state index in [1.165, 1.54) is 27.7 Å². The number of fused-ring (bicyclic) bond motifs is 7. The third-order valence-electron chi connectivity index (χ3n) is 6.08. The van der Waals surface area contributed by atoms with Crippen molar-refractivity contribution in [2.45, 2.75) is 68.4 Å². The lowest BCUT2D eigenvalue weighted by Crippen LogP contribution is -2.59. The molecule has 0 aromatic heterocycles. The lowest BCUT2D eigenvalue weighted by Gasteiger charge is -2.26. The van der Waals surface area contributed by atoms with E-state index in [2.05, 4.69) is 21.3 Å². The van der Waals surface area contributed by atoms with Gasteiger partial charge in [-0.1, -0.05) is 27.7 Å². The maximum atomic E-state index is 13.2. The number of esters is 1. The normalized spacial score (nSPS) is 27.3. The predicted molar refractivity (Wildman–Crippen MR) is 138 cm³/mol. The average molecular weight is 610 g/mol. The zero-order valence-electron chi connectivity index (χ0n) is 21.3. The number of amides is 5. The van der Waals surface area contributed by atoms with Gasteiger partial charge in [0.15, 0.2) is 0 Å². The molecule has 1 saturated carbocycles. The molecule has 3 atom stereocenters. The minimum atomic E-state index is -4.63. The minimum absolute atomic E-state index is 0.0978. The quantitative estimate of drug-likeness (QED) is 0.165. The van der Waals surface area contributed by atoms with Crippen LogP contribution >= 0.6 is 21.6 Å². The van der Waals surface area contributed by atoms with E-state index in [-0.39, 0.29) is 12.2 Å². The minimum Gasteiger partial charge on any atom is -0.456 e. The van der Waals surface area contributed by atoms with Crippen LogP contribution in [0.1, 0.15) is 38.5 Å². The van der Waals surface area contributed by atoms with Gasteiger partial charge in [0.2, 0.25) is 29.5 Å². The molecule has 1 aliphatic carbocycles. The van der Waals surface area contributed by atoms with Crippen LogP contribution in [-0.4, -0.2) is 90.0 Å².